The smallest absolute Gasteiger partial charge is 0.307 e. The quantitative estimate of drug-likeness (QED) is 0.756. The first-order valence-electron chi connectivity index (χ1n) is 6.82. The summed E-state index contributed by atoms with van der Waals surface area (Å²) in [5.74, 6) is -0.207. The minimum Gasteiger partial charge on any atom is -0.466 e. The number of carbonyl (C=O) groups excluding carboxylic acids is 1. The Balaban J connectivity index is 2.03. The first-order chi connectivity index (χ1) is 10.0. The Labute approximate surface area is 127 Å². The molecule has 0 bridgehead atoms. The largest absolute Gasteiger partial charge is 0.466 e. The highest BCUT2D eigenvalue weighted by Gasteiger charge is 2.10. The van der Waals surface area contributed by atoms with Crippen LogP contribution in [0.4, 0.5) is 0 Å². The summed E-state index contributed by atoms with van der Waals surface area (Å²) >= 11 is 1.45. The van der Waals surface area contributed by atoms with E-state index in [9.17, 15) is 9.59 Å². The van der Waals surface area contributed by atoms with Crippen molar-refractivity contribution in [2.45, 2.75) is 26.8 Å². The standard InChI is InChI=1S/C14H19N3O3S/c1-4-20-13(19)5-6-16(3)8-11-7-12(18)17-10(2)9-21-14(17)15-11/h7,9H,4-6,8H2,1-3H3. The molecule has 21 heavy (non-hydrogen) atoms. The van der Waals surface area contributed by atoms with E-state index in [2.05, 4.69) is 4.98 Å². The minimum absolute atomic E-state index is 0.0625. The van der Waals surface area contributed by atoms with Gasteiger partial charge < -0.3 is 4.74 Å². The van der Waals surface area contributed by atoms with Crippen LogP contribution in [0.1, 0.15) is 24.7 Å². The van der Waals surface area contributed by atoms with Crippen molar-refractivity contribution >= 4 is 22.3 Å². The molecular formula is C14H19N3O3S. The van der Waals surface area contributed by atoms with Crippen molar-refractivity contribution in [3.8, 4) is 0 Å². The number of carbonyl (C=O) groups is 1. The zero-order valence-electron chi connectivity index (χ0n) is 12.5. The lowest BCUT2D eigenvalue weighted by Gasteiger charge is -2.15. The molecule has 0 aliphatic rings. The maximum atomic E-state index is 12.1. The van der Waals surface area contributed by atoms with E-state index < -0.39 is 0 Å². The second-order valence-electron chi connectivity index (χ2n) is 4.87. The molecule has 0 aliphatic carbocycles. The van der Waals surface area contributed by atoms with Crippen LogP contribution in [0.2, 0.25) is 0 Å². The molecule has 2 aromatic heterocycles. The van der Waals surface area contributed by atoms with Gasteiger partial charge in [-0.15, -0.1) is 11.3 Å². The molecule has 0 aromatic carbocycles. The van der Waals surface area contributed by atoms with Crippen LogP contribution in [0.3, 0.4) is 0 Å². The number of ether oxygens (including phenoxy) is 1. The minimum atomic E-state index is -0.207. The Morgan fingerprint density at radius 3 is 3.00 bits per heavy atom. The zero-order chi connectivity index (χ0) is 15.4. The topological polar surface area (TPSA) is 63.9 Å². The normalized spacial score (nSPS) is 11.2. The molecule has 0 fully saturated rings. The van der Waals surface area contributed by atoms with Gasteiger partial charge in [-0.3, -0.25) is 18.9 Å². The molecule has 0 unspecified atom stereocenters. The molecule has 0 aliphatic heterocycles. The average Bonchev–Trinajstić information content (AvgIpc) is 2.79. The number of hydrogen-bond donors (Lipinski definition) is 0. The van der Waals surface area contributed by atoms with E-state index in [0.717, 1.165) is 5.69 Å². The third-order valence-corrected chi connectivity index (χ3v) is 4.01. The SMILES string of the molecule is CCOC(=O)CCN(C)Cc1cc(=O)n2c(C)csc2n1. The first-order valence-corrected chi connectivity index (χ1v) is 7.70. The number of hydrogen-bond acceptors (Lipinski definition) is 6. The Morgan fingerprint density at radius 2 is 2.29 bits per heavy atom. The molecule has 0 amide bonds. The second-order valence-corrected chi connectivity index (χ2v) is 5.71. The van der Waals surface area contributed by atoms with Gasteiger partial charge in [0.2, 0.25) is 0 Å². The number of thiazole rings is 1. The van der Waals surface area contributed by atoms with Crippen molar-refractivity contribution < 1.29 is 9.53 Å². The molecular weight excluding hydrogens is 290 g/mol. The number of fused-ring (bicyclic) bond motifs is 1. The molecule has 0 saturated carbocycles. The monoisotopic (exact) mass is 309 g/mol. The highest BCUT2D eigenvalue weighted by molar-refractivity contribution is 7.15. The van der Waals surface area contributed by atoms with Crippen LogP contribution in [0.5, 0.6) is 0 Å². The molecule has 2 heterocycles. The fourth-order valence-corrected chi connectivity index (χ4v) is 2.94. The maximum Gasteiger partial charge on any atom is 0.307 e. The molecule has 2 rings (SSSR count). The third kappa shape index (κ3) is 3.89. The van der Waals surface area contributed by atoms with Crippen LogP contribution in [-0.2, 0) is 16.1 Å². The van der Waals surface area contributed by atoms with Gasteiger partial charge in [0.15, 0.2) is 4.96 Å². The summed E-state index contributed by atoms with van der Waals surface area (Å²) in [5, 5.41) is 1.91. The molecule has 0 atom stereocenters. The van der Waals surface area contributed by atoms with Crippen LogP contribution < -0.4 is 5.56 Å². The van der Waals surface area contributed by atoms with Crippen LogP contribution >= 0.6 is 11.3 Å². The van der Waals surface area contributed by atoms with Gasteiger partial charge in [0.1, 0.15) is 0 Å². The lowest BCUT2D eigenvalue weighted by Crippen LogP contribution is -2.24. The predicted molar refractivity (Wildman–Crippen MR) is 81.7 cm³/mol. The van der Waals surface area contributed by atoms with Crippen LogP contribution in [0.25, 0.3) is 4.96 Å². The van der Waals surface area contributed by atoms with Crippen LogP contribution in [0.15, 0.2) is 16.2 Å². The Bertz CT molecular complexity index is 692. The van der Waals surface area contributed by atoms with Gasteiger partial charge in [0, 0.05) is 30.2 Å². The van der Waals surface area contributed by atoms with Crippen molar-refractivity contribution in [2.75, 3.05) is 20.2 Å². The lowest BCUT2D eigenvalue weighted by molar-refractivity contribution is -0.143. The molecule has 0 N–H and O–H groups in total. The van der Waals surface area contributed by atoms with Gasteiger partial charge in [-0.05, 0) is 20.9 Å². The second kappa shape index (κ2) is 6.82. The summed E-state index contributed by atoms with van der Waals surface area (Å²) in [4.78, 5) is 30.5. The fourth-order valence-electron chi connectivity index (χ4n) is 2.05. The zero-order valence-corrected chi connectivity index (χ0v) is 13.3. The molecule has 2 aromatic rings. The molecule has 114 valence electrons. The van der Waals surface area contributed by atoms with Crippen LogP contribution in [0, 0.1) is 6.92 Å². The first kappa shape index (κ1) is 15.7. The van der Waals surface area contributed by atoms with Crippen LogP contribution in [-0.4, -0.2) is 40.5 Å². The van der Waals surface area contributed by atoms with Crippen molar-refractivity contribution in [1.29, 1.82) is 0 Å². The number of rotatable bonds is 6. The molecule has 0 spiro atoms. The van der Waals surface area contributed by atoms with Gasteiger partial charge in [-0.1, -0.05) is 0 Å². The Morgan fingerprint density at radius 1 is 1.52 bits per heavy atom. The summed E-state index contributed by atoms with van der Waals surface area (Å²) in [6, 6.07) is 1.55. The lowest BCUT2D eigenvalue weighted by atomic mass is 10.3. The molecule has 0 radical (unpaired) electrons. The number of nitrogens with zero attached hydrogens (tertiary/aromatic N) is 3. The highest BCUT2D eigenvalue weighted by Crippen LogP contribution is 2.12. The van der Waals surface area contributed by atoms with Gasteiger partial charge in [-0.25, -0.2) is 4.98 Å². The van der Waals surface area contributed by atoms with E-state index in [4.69, 9.17) is 4.74 Å². The Hall–Kier alpha value is -1.73. The third-order valence-electron chi connectivity index (χ3n) is 3.06. The summed E-state index contributed by atoms with van der Waals surface area (Å²) < 4.78 is 6.49. The van der Waals surface area contributed by atoms with Crippen molar-refractivity contribution in [3.63, 3.8) is 0 Å². The Kier molecular flexibility index (Phi) is 5.08. The maximum absolute atomic E-state index is 12.1. The molecule has 6 nitrogen and oxygen atoms in total. The molecule has 7 heteroatoms. The predicted octanol–water partition coefficient (Wildman–Crippen LogP) is 1.45. The van der Waals surface area contributed by atoms with E-state index in [0.29, 0.717) is 36.8 Å². The number of aryl methyl sites for hydroxylation is 1. The van der Waals surface area contributed by atoms with E-state index in [1.54, 1.807) is 17.4 Å². The summed E-state index contributed by atoms with van der Waals surface area (Å²) in [6.07, 6.45) is 0.337. The van der Waals surface area contributed by atoms with E-state index in [-0.39, 0.29) is 11.5 Å². The van der Waals surface area contributed by atoms with Crippen molar-refractivity contribution in [2.24, 2.45) is 0 Å². The van der Waals surface area contributed by atoms with Crippen molar-refractivity contribution in [3.05, 3.63) is 33.2 Å². The molecule has 0 saturated heterocycles. The number of aromatic nitrogens is 2. The van der Waals surface area contributed by atoms with Gasteiger partial charge in [-0.2, -0.15) is 0 Å². The number of esters is 1. The average molecular weight is 309 g/mol. The summed E-state index contributed by atoms with van der Waals surface area (Å²) in [7, 11) is 1.89. The summed E-state index contributed by atoms with van der Waals surface area (Å²) in [6.45, 7) is 5.18. The van der Waals surface area contributed by atoms with Gasteiger partial charge in [0.05, 0.1) is 18.7 Å². The van der Waals surface area contributed by atoms with Crippen molar-refractivity contribution in [1.82, 2.24) is 14.3 Å². The van der Waals surface area contributed by atoms with E-state index in [1.165, 1.54) is 11.3 Å². The fraction of sp³-hybridized carbons (Fsp3) is 0.500. The van der Waals surface area contributed by atoms with E-state index >= 15 is 0 Å². The highest BCUT2D eigenvalue weighted by atomic mass is 32.1. The van der Waals surface area contributed by atoms with Gasteiger partial charge in [0.25, 0.3) is 5.56 Å². The van der Waals surface area contributed by atoms with Gasteiger partial charge >= 0.3 is 5.97 Å². The summed E-state index contributed by atoms with van der Waals surface area (Å²) in [5.41, 5.74) is 1.55. The van der Waals surface area contributed by atoms with E-state index in [1.807, 2.05) is 24.3 Å².